The van der Waals surface area contributed by atoms with Crippen molar-refractivity contribution in [3.05, 3.63) is 89.5 Å². The van der Waals surface area contributed by atoms with Crippen LogP contribution in [0.4, 0.5) is 5.69 Å². The predicted octanol–water partition coefficient (Wildman–Crippen LogP) is 4.69. The first-order valence-corrected chi connectivity index (χ1v) is 12.5. The molecule has 1 N–H and O–H groups in total. The molecule has 0 atom stereocenters. The number of Topliss-reactive ketones (excluding diaryl/α,β-unsaturated/α-hetero) is 1. The van der Waals surface area contributed by atoms with E-state index in [1.807, 2.05) is 30.3 Å². The average molecular weight is 491 g/mol. The molecule has 0 aliphatic rings. The molecule has 4 aromatic rings. The maximum Gasteiger partial charge on any atom is 0.443 e. The average Bonchev–Trinajstić information content (AvgIpc) is 3.32. The molecule has 1 amide bonds. The van der Waals surface area contributed by atoms with Gasteiger partial charge in [0.15, 0.2) is 4.17 Å². The number of likely N-dealkylation sites (N-methyl/N-ethyl adjacent to an activating group) is 1. The molecule has 0 unspecified atom stereocenters. The molecule has 0 fully saturated rings. The van der Waals surface area contributed by atoms with Gasteiger partial charge in [-0.2, -0.15) is 8.42 Å². The molecule has 0 bridgehead atoms. The first kappa shape index (κ1) is 24.0. The number of rotatable bonds is 8. The number of benzene rings is 3. The number of nitroso groups, excluding NO2 is 1. The number of carbonyl (C=O) groups excluding carboxylic acids is 2. The maximum absolute atomic E-state index is 13.0. The predicted molar refractivity (Wildman–Crippen MR) is 133 cm³/mol. The smallest absolute Gasteiger partial charge is 0.360 e. The van der Waals surface area contributed by atoms with E-state index in [0.717, 1.165) is 11.1 Å². The minimum Gasteiger partial charge on any atom is -0.360 e. The Morgan fingerprint density at radius 1 is 0.886 bits per heavy atom. The fraction of sp³-hybridized carbons (Fsp3) is 0.154. The molecule has 0 radical (unpaired) electrons. The van der Waals surface area contributed by atoms with Crippen LogP contribution in [-0.2, 0) is 14.8 Å². The summed E-state index contributed by atoms with van der Waals surface area (Å²) in [5.41, 5.74) is 2.15. The van der Waals surface area contributed by atoms with Gasteiger partial charge in [0.05, 0.1) is 5.56 Å². The van der Waals surface area contributed by atoms with Gasteiger partial charge >= 0.3 is 10.0 Å². The molecule has 1 aromatic heterocycles. The molecule has 0 saturated heterocycles. The van der Waals surface area contributed by atoms with Crippen LogP contribution in [0.15, 0.2) is 83.9 Å². The number of aromatic amines is 1. The number of hydrogen-bond acceptors (Lipinski definition) is 5. The minimum absolute atomic E-state index is 0.0720. The third kappa shape index (κ3) is 4.50. The van der Waals surface area contributed by atoms with E-state index >= 15 is 0 Å². The van der Waals surface area contributed by atoms with E-state index in [0.29, 0.717) is 24.0 Å². The lowest BCUT2D eigenvalue weighted by Gasteiger charge is -2.17. The van der Waals surface area contributed by atoms with E-state index in [1.54, 1.807) is 26.0 Å². The summed E-state index contributed by atoms with van der Waals surface area (Å²) in [6, 6.07) is 19.7. The third-order valence-electron chi connectivity index (χ3n) is 5.84. The molecule has 8 nitrogen and oxygen atoms in total. The molecule has 0 spiro atoms. The van der Waals surface area contributed by atoms with Gasteiger partial charge in [-0.3, -0.25) is 9.59 Å². The van der Waals surface area contributed by atoms with Crippen LogP contribution in [0, 0.1) is 4.91 Å². The van der Waals surface area contributed by atoms with Crippen molar-refractivity contribution in [2.75, 3.05) is 13.1 Å². The third-order valence-corrected chi connectivity index (χ3v) is 7.36. The standard InChI is InChI=1S/C26H23N3O5S/c1-3-28(4-2)26(31)25(30)23-17-27-24-15-12-20(16-22(23)24)29(32)35(33,34)21-13-10-19(11-14-21)18-8-6-5-7-9-18/h5-17H,3-4H2,1-2H3/p+1. The molecular formula is C26H24N3O5S+. The molecule has 0 saturated carbocycles. The molecule has 35 heavy (non-hydrogen) atoms. The zero-order valence-corrected chi connectivity index (χ0v) is 20.1. The number of fused-ring (bicyclic) bond motifs is 1. The van der Waals surface area contributed by atoms with Crippen LogP contribution in [0.5, 0.6) is 0 Å². The van der Waals surface area contributed by atoms with E-state index in [-0.39, 0.29) is 20.3 Å². The Hall–Kier alpha value is -4.11. The summed E-state index contributed by atoms with van der Waals surface area (Å²) in [6.07, 6.45) is 1.39. The van der Waals surface area contributed by atoms with Gasteiger partial charge in [0, 0.05) is 47.2 Å². The highest BCUT2D eigenvalue weighted by molar-refractivity contribution is 7.85. The van der Waals surface area contributed by atoms with Crippen LogP contribution < -0.4 is 0 Å². The quantitative estimate of drug-likeness (QED) is 0.219. The molecule has 0 aliphatic carbocycles. The molecular weight excluding hydrogens is 466 g/mol. The number of H-pyrrole nitrogens is 1. The lowest BCUT2D eigenvalue weighted by Crippen LogP contribution is -2.36. The summed E-state index contributed by atoms with van der Waals surface area (Å²) in [4.78, 5) is 42.4. The van der Waals surface area contributed by atoms with Gasteiger partial charge in [0.2, 0.25) is 0 Å². The Balaban J connectivity index is 1.66. The molecule has 4 rings (SSSR count). The van der Waals surface area contributed by atoms with Crippen LogP contribution in [-0.4, -0.2) is 47.2 Å². The van der Waals surface area contributed by atoms with Crippen LogP contribution in [0.3, 0.4) is 0 Å². The zero-order valence-electron chi connectivity index (χ0n) is 19.3. The zero-order chi connectivity index (χ0) is 25.2. The first-order chi connectivity index (χ1) is 16.8. The van der Waals surface area contributed by atoms with Gasteiger partial charge in [-0.15, -0.1) is 0 Å². The van der Waals surface area contributed by atoms with Crippen molar-refractivity contribution >= 4 is 38.3 Å². The highest BCUT2D eigenvalue weighted by Crippen LogP contribution is 2.28. The van der Waals surface area contributed by atoms with Gasteiger partial charge in [0.25, 0.3) is 17.4 Å². The first-order valence-electron chi connectivity index (χ1n) is 11.1. The van der Waals surface area contributed by atoms with Crippen LogP contribution in [0.25, 0.3) is 22.0 Å². The summed E-state index contributed by atoms with van der Waals surface area (Å²) < 4.78 is 26.0. The second kappa shape index (κ2) is 9.63. The number of aromatic nitrogens is 1. The highest BCUT2D eigenvalue weighted by Gasteiger charge is 2.35. The van der Waals surface area contributed by atoms with Crippen LogP contribution in [0.2, 0.25) is 0 Å². The summed E-state index contributed by atoms with van der Waals surface area (Å²) in [7, 11) is -4.41. The van der Waals surface area contributed by atoms with Gasteiger partial charge in [0.1, 0.15) is 4.90 Å². The lowest BCUT2D eigenvalue weighted by atomic mass is 10.1. The number of nitrogens with zero attached hydrogens (tertiary/aromatic N) is 2. The van der Waals surface area contributed by atoms with Crippen LogP contribution >= 0.6 is 0 Å². The summed E-state index contributed by atoms with van der Waals surface area (Å²) in [5.74, 6) is -1.39. The van der Waals surface area contributed by atoms with Crippen molar-refractivity contribution in [1.82, 2.24) is 9.88 Å². The molecule has 0 aliphatic heterocycles. The van der Waals surface area contributed by atoms with Gasteiger partial charge in [-0.25, -0.2) is 0 Å². The number of hydrogen-bond donors (Lipinski definition) is 1. The monoisotopic (exact) mass is 490 g/mol. The van der Waals surface area contributed by atoms with E-state index in [2.05, 4.69) is 4.98 Å². The number of ketones is 1. The van der Waals surface area contributed by atoms with Crippen molar-refractivity contribution in [1.29, 1.82) is 0 Å². The minimum atomic E-state index is -4.41. The summed E-state index contributed by atoms with van der Waals surface area (Å²) in [5, 5.41) is 0.295. The molecule has 9 heteroatoms. The summed E-state index contributed by atoms with van der Waals surface area (Å²) >= 11 is 0. The fourth-order valence-electron chi connectivity index (χ4n) is 3.86. The second-order valence-electron chi connectivity index (χ2n) is 7.86. The molecule has 1 heterocycles. The number of nitrogens with one attached hydrogen (secondary N) is 1. The summed E-state index contributed by atoms with van der Waals surface area (Å²) in [6.45, 7) is 4.30. The Labute approximate surface area is 202 Å². The molecule has 3 aromatic carbocycles. The van der Waals surface area contributed by atoms with Gasteiger partial charge in [-0.1, -0.05) is 42.5 Å². The van der Waals surface area contributed by atoms with Gasteiger partial charge in [-0.05, 0) is 43.2 Å². The largest absolute Gasteiger partial charge is 0.443 e. The van der Waals surface area contributed by atoms with Crippen molar-refractivity contribution in [2.45, 2.75) is 18.7 Å². The van der Waals surface area contributed by atoms with E-state index in [9.17, 15) is 22.9 Å². The number of sulfonamides is 1. The van der Waals surface area contributed by atoms with E-state index in [1.165, 1.54) is 41.4 Å². The Kier molecular flexibility index (Phi) is 6.61. The topological polar surface area (TPSA) is 107 Å². The number of amides is 1. The fourth-order valence-corrected chi connectivity index (χ4v) is 4.93. The van der Waals surface area contributed by atoms with Crippen molar-refractivity contribution < 1.29 is 22.2 Å². The van der Waals surface area contributed by atoms with Gasteiger partial charge < -0.3 is 9.88 Å². The lowest BCUT2D eigenvalue weighted by molar-refractivity contribution is -0.286. The van der Waals surface area contributed by atoms with Crippen molar-refractivity contribution in [2.24, 2.45) is 0 Å². The normalized spacial score (nSPS) is 11.4. The highest BCUT2D eigenvalue weighted by atomic mass is 32.2. The Bertz CT molecular complexity index is 1520. The van der Waals surface area contributed by atoms with Crippen molar-refractivity contribution in [3.8, 4) is 11.1 Å². The van der Waals surface area contributed by atoms with Crippen LogP contribution in [0.1, 0.15) is 24.2 Å². The maximum atomic E-state index is 13.0. The molecule has 178 valence electrons. The Morgan fingerprint density at radius 3 is 2.14 bits per heavy atom. The number of carbonyl (C=O) groups is 2. The SMILES string of the molecule is CCN(CC)C(=O)C(=O)c1c[nH]c2ccc([N+](=O)S(=O)(=O)c3ccc(-c4ccccc4)cc3)cc12. The van der Waals surface area contributed by atoms with Crippen molar-refractivity contribution in [3.63, 3.8) is 0 Å². The van der Waals surface area contributed by atoms with E-state index < -0.39 is 21.7 Å². The Morgan fingerprint density at radius 2 is 1.51 bits per heavy atom. The van der Waals surface area contributed by atoms with E-state index in [4.69, 9.17) is 0 Å². The second-order valence-corrected chi connectivity index (χ2v) is 9.61.